The van der Waals surface area contributed by atoms with Crippen LogP contribution in [0.5, 0.6) is 0 Å². The average molecular weight is 279 g/mol. The van der Waals surface area contributed by atoms with Crippen LogP contribution >= 0.6 is 11.8 Å². The molecule has 1 aromatic carbocycles. The Hall–Kier alpha value is -1.53. The Morgan fingerprint density at radius 3 is 2.89 bits per heavy atom. The Labute approximate surface area is 115 Å². The highest BCUT2D eigenvalue weighted by molar-refractivity contribution is 7.99. The summed E-state index contributed by atoms with van der Waals surface area (Å²) in [6, 6.07) is 7.59. The molecule has 5 nitrogen and oxygen atoms in total. The number of hydrogen-bond donors (Lipinski definition) is 2. The van der Waals surface area contributed by atoms with Crippen LogP contribution in [0.25, 0.3) is 0 Å². The number of aromatic amines is 1. The summed E-state index contributed by atoms with van der Waals surface area (Å²) in [6.45, 7) is 4.37. The first kappa shape index (κ1) is 13.9. The van der Waals surface area contributed by atoms with Crippen molar-refractivity contribution >= 4 is 11.8 Å². The van der Waals surface area contributed by atoms with Gasteiger partial charge in [0.05, 0.1) is 6.10 Å². The van der Waals surface area contributed by atoms with Crippen molar-refractivity contribution in [3.8, 4) is 0 Å². The summed E-state index contributed by atoms with van der Waals surface area (Å²) in [5.41, 5.74) is 0.643. The molecule has 0 spiro atoms. The quantitative estimate of drug-likeness (QED) is 0.880. The zero-order valence-corrected chi connectivity index (χ0v) is 11.8. The maximum absolute atomic E-state index is 11.6. The van der Waals surface area contributed by atoms with Gasteiger partial charge in [0.15, 0.2) is 5.16 Å². The Bertz CT molecular complexity index is 604. The van der Waals surface area contributed by atoms with Gasteiger partial charge in [0.25, 0.3) is 0 Å². The van der Waals surface area contributed by atoms with E-state index in [1.165, 1.54) is 11.8 Å². The molecule has 0 unspecified atom stereocenters. The van der Waals surface area contributed by atoms with E-state index in [0.29, 0.717) is 11.7 Å². The topological polar surface area (TPSA) is 70.9 Å². The van der Waals surface area contributed by atoms with E-state index >= 15 is 0 Å². The first-order valence-electron chi connectivity index (χ1n) is 6.23. The molecule has 0 saturated heterocycles. The Morgan fingerprint density at radius 2 is 2.21 bits per heavy atom. The monoisotopic (exact) mass is 279 g/mol. The second-order valence-electron chi connectivity index (χ2n) is 4.28. The fourth-order valence-electron chi connectivity index (χ4n) is 1.82. The number of H-pyrrole nitrogens is 1. The van der Waals surface area contributed by atoms with Gasteiger partial charge in [0, 0.05) is 11.4 Å². The summed E-state index contributed by atoms with van der Waals surface area (Å²) in [5.74, 6) is 0. The molecule has 102 valence electrons. The second kappa shape index (κ2) is 6.08. The summed E-state index contributed by atoms with van der Waals surface area (Å²) in [5, 5.41) is 16.9. The lowest BCUT2D eigenvalue weighted by atomic mass is 10.1. The van der Waals surface area contributed by atoms with Gasteiger partial charge in [-0.3, -0.25) is 4.57 Å². The number of hydrogen-bond acceptors (Lipinski definition) is 4. The van der Waals surface area contributed by atoms with Crippen molar-refractivity contribution in [3.05, 3.63) is 40.3 Å². The fourth-order valence-corrected chi connectivity index (χ4v) is 2.89. The SMILES string of the molecule is CCCn1c(Sc2ccccc2[C@H](C)O)n[nH]c1=O. The van der Waals surface area contributed by atoms with Gasteiger partial charge in [-0.15, -0.1) is 5.10 Å². The van der Waals surface area contributed by atoms with Gasteiger partial charge >= 0.3 is 5.69 Å². The highest BCUT2D eigenvalue weighted by Crippen LogP contribution is 2.31. The Balaban J connectivity index is 2.34. The summed E-state index contributed by atoms with van der Waals surface area (Å²) >= 11 is 1.39. The summed E-state index contributed by atoms with van der Waals surface area (Å²) in [4.78, 5) is 12.5. The third kappa shape index (κ3) is 3.08. The van der Waals surface area contributed by atoms with Gasteiger partial charge in [-0.05, 0) is 36.7 Å². The molecule has 2 rings (SSSR count). The van der Waals surface area contributed by atoms with E-state index in [9.17, 15) is 9.90 Å². The van der Waals surface area contributed by atoms with E-state index in [4.69, 9.17) is 0 Å². The number of aliphatic hydroxyl groups excluding tert-OH is 1. The molecule has 1 aromatic heterocycles. The maximum atomic E-state index is 11.6. The molecule has 6 heteroatoms. The van der Waals surface area contributed by atoms with Gasteiger partial charge in [-0.2, -0.15) is 0 Å². The van der Waals surface area contributed by atoms with Gasteiger partial charge < -0.3 is 5.11 Å². The molecule has 0 aliphatic carbocycles. The summed E-state index contributed by atoms with van der Waals surface area (Å²) in [6.07, 6.45) is 0.319. The number of aliphatic hydroxyl groups is 1. The highest BCUT2D eigenvalue weighted by atomic mass is 32.2. The number of aromatic nitrogens is 3. The van der Waals surface area contributed by atoms with Crippen LogP contribution in [0.1, 0.15) is 31.9 Å². The number of benzene rings is 1. The highest BCUT2D eigenvalue weighted by Gasteiger charge is 2.13. The normalized spacial score (nSPS) is 12.6. The van der Waals surface area contributed by atoms with Crippen LogP contribution < -0.4 is 5.69 Å². The molecule has 2 N–H and O–H groups in total. The molecule has 2 aromatic rings. The zero-order valence-electron chi connectivity index (χ0n) is 11.0. The molecule has 19 heavy (non-hydrogen) atoms. The predicted octanol–water partition coefficient (Wildman–Crippen LogP) is 2.19. The molecule has 0 radical (unpaired) electrons. The number of nitrogens with one attached hydrogen (secondary N) is 1. The van der Waals surface area contributed by atoms with Crippen molar-refractivity contribution < 1.29 is 5.11 Å². The van der Waals surface area contributed by atoms with Gasteiger partial charge in [-0.1, -0.05) is 25.1 Å². The molecule has 0 bridgehead atoms. The van der Waals surface area contributed by atoms with E-state index in [-0.39, 0.29) is 5.69 Å². The van der Waals surface area contributed by atoms with Crippen molar-refractivity contribution in [2.75, 3.05) is 0 Å². The van der Waals surface area contributed by atoms with Crippen molar-refractivity contribution in [1.29, 1.82) is 0 Å². The third-order valence-corrected chi connectivity index (χ3v) is 3.83. The first-order valence-corrected chi connectivity index (χ1v) is 7.05. The lowest BCUT2D eigenvalue weighted by Gasteiger charge is -2.11. The molecule has 0 saturated carbocycles. The van der Waals surface area contributed by atoms with Crippen LogP contribution in [0.2, 0.25) is 0 Å². The first-order chi connectivity index (χ1) is 9.13. The summed E-state index contributed by atoms with van der Waals surface area (Å²) in [7, 11) is 0. The smallest absolute Gasteiger partial charge is 0.343 e. The van der Waals surface area contributed by atoms with Crippen LogP contribution in [0.15, 0.2) is 39.1 Å². The molecule has 1 atom stereocenters. The van der Waals surface area contributed by atoms with E-state index < -0.39 is 6.10 Å². The van der Waals surface area contributed by atoms with Crippen molar-refractivity contribution in [3.63, 3.8) is 0 Å². The molecule has 1 heterocycles. The van der Waals surface area contributed by atoms with Crippen LogP contribution in [0.3, 0.4) is 0 Å². The third-order valence-electron chi connectivity index (χ3n) is 2.74. The minimum atomic E-state index is -0.547. The maximum Gasteiger partial charge on any atom is 0.343 e. The van der Waals surface area contributed by atoms with Gasteiger partial charge in [-0.25, -0.2) is 9.89 Å². The van der Waals surface area contributed by atoms with E-state index in [1.54, 1.807) is 11.5 Å². The largest absolute Gasteiger partial charge is 0.389 e. The zero-order chi connectivity index (χ0) is 13.8. The van der Waals surface area contributed by atoms with Gasteiger partial charge in [0.2, 0.25) is 0 Å². The predicted molar refractivity (Wildman–Crippen MR) is 74.3 cm³/mol. The molecular formula is C13H17N3O2S. The Morgan fingerprint density at radius 1 is 1.47 bits per heavy atom. The van der Waals surface area contributed by atoms with Crippen LogP contribution in [-0.2, 0) is 6.54 Å². The fraction of sp³-hybridized carbons (Fsp3) is 0.385. The van der Waals surface area contributed by atoms with Crippen molar-refractivity contribution in [2.24, 2.45) is 0 Å². The summed E-state index contributed by atoms with van der Waals surface area (Å²) < 4.78 is 1.61. The molecular weight excluding hydrogens is 262 g/mol. The molecule has 0 amide bonds. The minimum Gasteiger partial charge on any atom is -0.389 e. The standard InChI is InChI=1S/C13H17N3O2S/c1-3-8-16-12(18)14-15-13(16)19-11-7-5-4-6-10(11)9(2)17/h4-7,9,17H,3,8H2,1-2H3,(H,14,18)/t9-/m0/s1. The van der Waals surface area contributed by atoms with Crippen LogP contribution in [-0.4, -0.2) is 19.9 Å². The Kier molecular flexibility index (Phi) is 4.44. The van der Waals surface area contributed by atoms with E-state index in [0.717, 1.165) is 16.9 Å². The number of nitrogens with zero attached hydrogens (tertiary/aromatic N) is 2. The van der Waals surface area contributed by atoms with Crippen LogP contribution in [0.4, 0.5) is 0 Å². The molecule has 0 aliphatic heterocycles. The van der Waals surface area contributed by atoms with Crippen LogP contribution in [0, 0.1) is 0 Å². The number of rotatable bonds is 5. The average Bonchev–Trinajstić information content (AvgIpc) is 2.72. The van der Waals surface area contributed by atoms with E-state index in [2.05, 4.69) is 10.2 Å². The van der Waals surface area contributed by atoms with Crippen molar-refractivity contribution in [1.82, 2.24) is 14.8 Å². The second-order valence-corrected chi connectivity index (χ2v) is 5.29. The molecule has 0 aliphatic rings. The lowest BCUT2D eigenvalue weighted by molar-refractivity contribution is 0.196. The molecule has 0 fully saturated rings. The lowest BCUT2D eigenvalue weighted by Crippen LogP contribution is -2.17. The van der Waals surface area contributed by atoms with Gasteiger partial charge in [0.1, 0.15) is 0 Å². The van der Waals surface area contributed by atoms with E-state index in [1.807, 2.05) is 31.2 Å². The van der Waals surface area contributed by atoms with Crippen molar-refractivity contribution in [2.45, 2.75) is 43.0 Å². The minimum absolute atomic E-state index is 0.195.